The zero-order chi connectivity index (χ0) is 10.9. The molecule has 0 saturated carbocycles. The van der Waals surface area contributed by atoms with Gasteiger partial charge in [0.05, 0.1) is 19.8 Å². The summed E-state index contributed by atoms with van der Waals surface area (Å²) in [4.78, 5) is 0. The van der Waals surface area contributed by atoms with E-state index in [9.17, 15) is 0 Å². The highest BCUT2D eigenvalue weighted by Gasteiger charge is 1.98. The van der Waals surface area contributed by atoms with E-state index in [0.29, 0.717) is 13.2 Å². The summed E-state index contributed by atoms with van der Waals surface area (Å²) in [5, 5.41) is 9.01. The van der Waals surface area contributed by atoms with E-state index in [2.05, 4.69) is 0 Å². The van der Waals surface area contributed by atoms with Gasteiger partial charge in [0.15, 0.2) is 0 Å². The molecule has 0 aliphatic rings. The first-order valence-electron chi connectivity index (χ1n) is 5.20. The van der Waals surface area contributed by atoms with E-state index in [4.69, 9.17) is 14.6 Å². The van der Waals surface area contributed by atoms with Crippen LogP contribution in [0.4, 0.5) is 0 Å². The topological polar surface area (TPSA) is 43.6 Å². The molecule has 1 N–H and O–H groups in total. The molecule has 0 fully saturated rings. The molecule has 1 aromatic heterocycles. The van der Waals surface area contributed by atoms with Gasteiger partial charge in [-0.15, -0.1) is 0 Å². The van der Waals surface area contributed by atoms with Crippen LogP contribution in [0.2, 0.25) is 0 Å². The molecule has 0 saturated heterocycles. The second-order valence-corrected chi connectivity index (χ2v) is 3.31. The van der Waals surface area contributed by atoms with Gasteiger partial charge >= 0.3 is 0 Å². The molecule has 0 aliphatic carbocycles. The average molecular weight is 213 g/mol. The van der Waals surface area contributed by atoms with Crippen molar-refractivity contribution in [1.82, 2.24) is 4.57 Å². The lowest BCUT2D eigenvalue weighted by Gasteiger charge is -2.07. The summed E-state index contributed by atoms with van der Waals surface area (Å²) in [6, 6.07) is 3.86. The Morgan fingerprint density at radius 3 is 2.93 bits per heavy atom. The molecule has 1 rings (SSSR count). The Hall–Kier alpha value is -0.840. The molecule has 0 aromatic carbocycles. The van der Waals surface area contributed by atoms with Crippen LogP contribution in [0.15, 0.2) is 18.3 Å². The second kappa shape index (κ2) is 7.45. The summed E-state index contributed by atoms with van der Waals surface area (Å²) < 4.78 is 12.3. The van der Waals surface area contributed by atoms with Crippen molar-refractivity contribution in [2.75, 3.05) is 26.9 Å². The van der Waals surface area contributed by atoms with Crippen LogP contribution < -0.4 is 0 Å². The van der Waals surface area contributed by atoms with Crippen molar-refractivity contribution in [3.8, 4) is 0 Å². The minimum Gasteiger partial charge on any atom is -0.390 e. The van der Waals surface area contributed by atoms with Crippen LogP contribution in [0.25, 0.3) is 0 Å². The molecule has 1 heterocycles. The van der Waals surface area contributed by atoms with Gasteiger partial charge in [0.2, 0.25) is 0 Å². The highest BCUT2D eigenvalue weighted by atomic mass is 16.5. The predicted molar refractivity (Wildman–Crippen MR) is 57.7 cm³/mol. The van der Waals surface area contributed by atoms with Crippen LogP contribution in [0, 0.1) is 0 Å². The zero-order valence-electron chi connectivity index (χ0n) is 9.19. The van der Waals surface area contributed by atoms with Crippen molar-refractivity contribution in [1.29, 1.82) is 0 Å². The maximum Gasteiger partial charge on any atom is 0.0832 e. The molecule has 0 bridgehead atoms. The lowest BCUT2D eigenvalue weighted by molar-refractivity contribution is 0.0678. The van der Waals surface area contributed by atoms with Crippen molar-refractivity contribution in [2.24, 2.45) is 0 Å². The lowest BCUT2D eigenvalue weighted by atomic mass is 10.4. The minimum atomic E-state index is 0.0948. The van der Waals surface area contributed by atoms with E-state index in [-0.39, 0.29) is 6.61 Å². The third kappa shape index (κ3) is 4.46. The highest BCUT2D eigenvalue weighted by molar-refractivity contribution is 5.05. The first-order valence-corrected chi connectivity index (χ1v) is 5.20. The van der Waals surface area contributed by atoms with Gasteiger partial charge < -0.3 is 19.1 Å². The molecule has 4 heteroatoms. The summed E-state index contributed by atoms with van der Waals surface area (Å²) in [7, 11) is 1.66. The molecule has 0 spiro atoms. The predicted octanol–water partition coefficient (Wildman–Crippen LogP) is 1.03. The number of aryl methyl sites for hydroxylation is 1. The van der Waals surface area contributed by atoms with Gasteiger partial charge in [-0.25, -0.2) is 0 Å². The van der Waals surface area contributed by atoms with E-state index < -0.39 is 0 Å². The van der Waals surface area contributed by atoms with Gasteiger partial charge in [-0.1, -0.05) is 0 Å². The Balaban J connectivity index is 2.09. The maximum absolute atomic E-state index is 9.01. The van der Waals surface area contributed by atoms with Crippen molar-refractivity contribution >= 4 is 0 Å². The number of hydrogen-bond donors (Lipinski definition) is 1. The lowest BCUT2D eigenvalue weighted by Crippen LogP contribution is -2.07. The number of nitrogens with zero attached hydrogens (tertiary/aromatic N) is 1. The van der Waals surface area contributed by atoms with Gasteiger partial charge in [-0.3, -0.25) is 0 Å². The largest absolute Gasteiger partial charge is 0.390 e. The molecular weight excluding hydrogens is 194 g/mol. The van der Waals surface area contributed by atoms with Crippen molar-refractivity contribution < 1.29 is 14.6 Å². The molecule has 0 aliphatic heterocycles. The average Bonchev–Trinajstić information content (AvgIpc) is 2.70. The van der Waals surface area contributed by atoms with Crippen LogP contribution in [-0.2, 0) is 22.6 Å². The van der Waals surface area contributed by atoms with Crippen molar-refractivity contribution in [2.45, 2.75) is 19.6 Å². The smallest absolute Gasteiger partial charge is 0.0832 e. The molecular formula is C11H19NO3. The number of rotatable bonds is 8. The SMILES string of the molecule is COCCOCCCn1cccc1CO. The van der Waals surface area contributed by atoms with E-state index in [1.165, 1.54) is 0 Å². The quantitative estimate of drug-likeness (QED) is 0.656. The molecule has 1 aromatic rings. The van der Waals surface area contributed by atoms with E-state index in [1.807, 2.05) is 22.9 Å². The summed E-state index contributed by atoms with van der Waals surface area (Å²) in [5.41, 5.74) is 0.951. The fourth-order valence-electron chi connectivity index (χ4n) is 1.39. The molecule has 0 amide bonds. The summed E-state index contributed by atoms with van der Waals surface area (Å²) in [6.45, 7) is 3.00. The molecule has 0 radical (unpaired) electrons. The van der Waals surface area contributed by atoms with Crippen LogP contribution >= 0.6 is 0 Å². The fourth-order valence-corrected chi connectivity index (χ4v) is 1.39. The Morgan fingerprint density at radius 1 is 1.33 bits per heavy atom. The summed E-state index contributed by atoms with van der Waals surface area (Å²) in [6.07, 6.45) is 2.92. The van der Waals surface area contributed by atoms with Gasteiger partial charge in [-0.05, 0) is 18.6 Å². The van der Waals surface area contributed by atoms with Crippen molar-refractivity contribution in [3.63, 3.8) is 0 Å². The first kappa shape index (κ1) is 12.2. The van der Waals surface area contributed by atoms with Crippen molar-refractivity contribution in [3.05, 3.63) is 24.0 Å². The number of hydrogen-bond acceptors (Lipinski definition) is 3. The van der Waals surface area contributed by atoms with Gasteiger partial charge in [0, 0.05) is 32.2 Å². The summed E-state index contributed by atoms with van der Waals surface area (Å²) in [5.74, 6) is 0. The standard InChI is InChI=1S/C11H19NO3/c1-14-8-9-15-7-3-6-12-5-2-4-11(12)10-13/h2,4-5,13H,3,6-10H2,1H3. The fraction of sp³-hybridized carbons (Fsp3) is 0.636. The third-order valence-corrected chi connectivity index (χ3v) is 2.21. The van der Waals surface area contributed by atoms with E-state index >= 15 is 0 Å². The molecule has 86 valence electrons. The number of aliphatic hydroxyl groups excluding tert-OH is 1. The minimum absolute atomic E-state index is 0.0948. The Morgan fingerprint density at radius 2 is 2.20 bits per heavy atom. The summed E-state index contributed by atoms with van der Waals surface area (Å²) >= 11 is 0. The molecule has 0 unspecified atom stereocenters. The number of ether oxygens (including phenoxy) is 2. The molecule has 15 heavy (non-hydrogen) atoms. The monoisotopic (exact) mass is 213 g/mol. The Bertz CT molecular complexity index is 260. The molecule has 4 nitrogen and oxygen atoms in total. The van der Waals surface area contributed by atoms with E-state index in [1.54, 1.807) is 7.11 Å². The zero-order valence-corrected chi connectivity index (χ0v) is 9.19. The van der Waals surface area contributed by atoms with Gasteiger partial charge in [0.25, 0.3) is 0 Å². The van der Waals surface area contributed by atoms with Crippen LogP contribution in [-0.4, -0.2) is 36.6 Å². The highest BCUT2D eigenvalue weighted by Crippen LogP contribution is 2.03. The first-order chi connectivity index (χ1) is 7.38. The third-order valence-electron chi connectivity index (χ3n) is 2.21. The number of aromatic nitrogens is 1. The molecule has 0 atom stereocenters. The Kier molecular flexibility index (Phi) is 6.08. The Labute approximate surface area is 90.4 Å². The maximum atomic E-state index is 9.01. The number of methoxy groups -OCH3 is 1. The van der Waals surface area contributed by atoms with Gasteiger partial charge in [0.1, 0.15) is 0 Å². The second-order valence-electron chi connectivity index (χ2n) is 3.31. The van der Waals surface area contributed by atoms with Crippen LogP contribution in [0.5, 0.6) is 0 Å². The van der Waals surface area contributed by atoms with Crippen LogP contribution in [0.3, 0.4) is 0 Å². The van der Waals surface area contributed by atoms with E-state index in [0.717, 1.165) is 25.3 Å². The normalized spacial score (nSPS) is 10.8. The van der Waals surface area contributed by atoms with Crippen LogP contribution in [0.1, 0.15) is 12.1 Å². The van der Waals surface area contributed by atoms with Gasteiger partial charge in [-0.2, -0.15) is 0 Å². The number of aliphatic hydroxyl groups is 1.